The summed E-state index contributed by atoms with van der Waals surface area (Å²) in [6, 6.07) is 13.9. The number of ketones is 2. The molecule has 0 unspecified atom stereocenters. The van der Waals surface area contributed by atoms with Crippen LogP contribution in [0.3, 0.4) is 0 Å². The van der Waals surface area contributed by atoms with Crippen LogP contribution in [0.25, 0.3) is 11.1 Å². The Labute approximate surface area is 321 Å². The Balaban J connectivity index is 1.76. The number of carbonyl (C=O) groups is 5. The molecule has 0 heterocycles. The summed E-state index contributed by atoms with van der Waals surface area (Å²) < 4.78 is 28.6. The van der Waals surface area contributed by atoms with Gasteiger partial charge in [-0.15, -0.1) is 0 Å². The first-order chi connectivity index (χ1) is 25.9. The minimum absolute atomic E-state index is 0.0409. The fourth-order valence-electron chi connectivity index (χ4n) is 6.72. The van der Waals surface area contributed by atoms with Crippen LogP contribution in [0.15, 0.2) is 54.6 Å². The fraction of sp³-hybridized carbons (Fsp3) is 0.568. The molecule has 1 aliphatic carbocycles. The van der Waals surface area contributed by atoms with E-state index in [4.69, 9.17) is 23.7 Å². The molecule has 1 fully saturated rings. The van der Waals surface area contributed by atoms with E-state index in [1.165, 1.54) is 51.4 Å². The molecule has 1 saturated carbocycles. The van der Waals surface area contributed by atoms with Gasteiger partial charge in [-0.3, -0.25) is 9.59 Å². The highest BCUT2D eigenvalue weighted by atomic mass is 16.6. The molecule has 0 aromatic heterocycles. The Bertz CT molecular complexity index is 1520. The summed E-state index contributed by atoms with van der Waals surface area (Å²) in [4.78, 5) is 59.5. The number of Topliss-reactive ketones (excluding diaryl/α,β-unsaturated/α-hetero) is 2. The van der Waals surface area contributed by atoms with Crippen LogP contribution in [-0.4, -0.2) is 62.5 Å². The molecule has 0 atom stereocenters. The molecule has 0 spiro atoms. The maximum atomic E-state index is 12.1. The summed E-state index contributed by atoms with van der Waals surface area (Å²) in [6.45, 7) is 12.0. The molecule has 10 heteroatoms. The van der Waals surface area contributed by atoms with Crippen molar-refractivity contribution in [2.24, 2.45) is 17.3 Å². The van der Waals surface area contributed by atoms with E-state index in [9.17, 15) is 24.0 Å². The van der Waals surface area contributed by atoms with Crippen LogP contribution in [0.2, 0.25) is 0 Å². The predicted octanol–water partition coefficient (Wildman–Crippen LogP) is 8.60. The zero-order valence-electron chi connectivity index (χ0n) is 33.0. The van der Waals surface area contributed by atoms with Crippen LogP contribution in [0.5, 0.6) is 11.5 Å². The molecule has 0 amide bonds. The van der Waals surface area contributed by atoms with Crippen molar-refractivity contribution in [1.82, 2.24) is 0 Å². The molecule has 3 rings (SSSR count). The third kappa shape index (κ3) is 14.7. The lowest BCUT2D eigenvalue weighted by Crippen LogP contribution is -2.41. The van der Waals surface area contributed by atoms with Crippen molar-refractivity contribution in [3.05, 3.63) is 60.2 Å². The molecular weight excluding hydrogens is 688 g/mol. The van der Waals surface area contributed by atoms with Gasteiger partial charge in [0.15, 0.2) is 0 Å². The molecule has 2 aromatic carbocycles. The second kappa shape index (κ2) is 22.7. The highest BCUT2D eigenvalue weighted by Gasteiger charge is 2.36. The second-order valence-electron chi connectivity index (χ2n) is 14.9. The number of rotatable bonds is 24. The zero-order valence-corrected chi connectivity index (χ0v) is 33.0. The third-order valence-corrected chi connectivity index (χ3v) is 10.00. The van der Waals surface area contributed by atoms with Gasteiger partial charge in [0.1, 0.15) is 31.3 Å². The van der Waals surface area contributed by atoms with Gasteiger partial charge in [0.25, 0.3) is 0 Å². The lowest BCUT2D eigenvalue weighted by Gasteiger charge is -2.32. The van der Waals surface area contributed by atoms with Crippen molar-refractivity contribution in [3.8, 4) is 22.6 Å². The Morgan fingerprint density at radius 3 is 1.87 bits per heavy atom. The van der Waals surface area contributed by atoms with Gasteiger partial charge in [-0.25, -0.2) is 14.4 Å². The first-order valence-corrected chi connectivity index (χ1v) is 19.5. The third-order valence-electron chi connectivity index (χ3n) is 10.00. The van der Waals surface area contributed by atoms with Gasteiger partial charge in [-0.1, -0.05) is 83.6 Å². The highest BCUT2D eigenvalue weighted by molar-refractivity contribution is 6.32. The minimum atomic E-state index is -1.04. The number of ether oxygens (including phenoxy) is 5. The first kappa shape index (κ1) is 43.9. The van der Waals surface area contributed by atoms with Gasteiger partial charge in [0.05, 0.1) is 18.6 Å². The highest BCUT2D eigenvalue weighted by Crippen LogP contribution is 2.34. The van der Waals surface area contributed by atoms with Crippen LogP contribution in [0.4, 0.5) is 0 Å². The van der Waals surface area contributed by atoms with E-state index in [0.29, 0.717) is 42.9 Å². The molecule has 1 aliphatic rings. The molecule has 10 nitrogen and oxygen atoms in total. The van der Waals surface area contributed by atoms with Gasteiger partial charge in [-0.2, -0.15) is 0 Å². The Hall–Kier alpha value is -4.47. The number of hydrogen-bond acceptors (Lipinski definition) is 10. The van der Waals surface area contributed by atoms with Gasteiger partial charge >= 0.3 is 17.9 Å². The number of hydrogen-bond donors (Lipinski definition) is 0. The number of carbonyl (C=O) groups excluding carboxylic acids is 5. The number of unbranched alkanes of at least 4 members (excludes halogenated alkanes) is 2. The lowest BCUT2D eigenvalue weighted by molar-refractivity contribution is -0.163. The van der Waals surface area contributed by atoms with Crippen LogP contribution in [0, 0.1) is 17.3 Å². The molecule has 0 radical (unpaired) electrons. The quantitative estimate of drug-likeness (QED) is 0.0338. The maximum Gasteiger partial charge on any atom is 0.374 e. The largest absolute Gasteiger partial charge is 0.493 e. The summed E-state index contributed by atoms with van der Waals surface area (Å²) in [6.07, 6.45) is 12.4. The van der Waals surface area contributed by atoms with Crippen molar-refractivity contribution < 1.29 is 47.7 Å². The Morgan fingerprint density at radius 1 is 0.685 bits per heavy atom. The van der Waals surface area contributed by atoms with Gasteiger partial charge in [-0.05, 0) is 91.8 Å². The molecule has 0 N–H and O–H groups in total. The van der Waals surface area contributed by atoms with Gasteiger partial charge in [0.2, 0.25) is 11.6 Å². The van der Waals surface area contributed by atoms with E-state index in [0.717, 1.165) is 48.8 Å². The van der Waals surface area contributed by atoms with E-state index in [-0.39, 0.29) is 26.4 Å². The molecule has 296 valence electrons. The summed E-state index contributed by atoms with van der Waals surface area (Å²) in [5.74, 6) is -1.16. The Morgan fingerprint density at radius 2 is 1.30 bits per heavy atom. The summed E-state index contributed by atoms with van der Waals surface area (Å²) in [5, 5.41) is 0. The summed E-state index contributed by atoms with van der Waals surface area (Å²) in [7, 11) is 0. The predicted molar refractivity (Wildman–Crippen MR) is 207 cm³/mol. The monoisotopic (exact) mass is 748 g/mol. The van der Waals surface area contributed by atoms with Crippen molar-refractivity contribution in [2.75, 3.05) is 33.0 Å². The van der Waals surface area contributed by atoms with Crippen molar-refractivity contribution >= 4 is 29.5 Å². The van der Waals surface area contributed by atoms with Crippen molar-refractivity contribution in [2.45, 2.75) is 112 Å². The summed E-state index contributed by atoms with van der Waals surface area (Å²) in [5.41, 5.74) is 2.07. The van der Waals surface area contributed by atoms with Gasteiger partial charge in [0, 0.05) is 19.4 Å². The molecule has 0 bridgehead atoms. The summed E-state index contributed by atoms with van der Waals surface area (Å²) >= 11 is 0. The molecule has 54 heavy (non-hydrogen) atoms. The minimum Gasteiger partial charge on any atom is -0.493 e. The molecule has 0 aliphatic heterocycles. The maximum absolute atomic E-state index is 12.1. The van der Waals surface area contributed by atoms with Crippen molar-refractivity contribution in [3.63, 3.8) is 0 Å². The average molecular weight is 749 g/mol. The normalized spacial score (nSPS) is 15.5. The number of esters is 3. The van der Waals surface area contributed by atoms with E-state index < -0.39 is 34.9 Å². The zero-order chi connectivity index (χ0) is 39.5. The second-order valence-corrected chi connectivity index (χ2v) is 14.9. The fourth-order valence-corrected chi connectivity index (χ4v) is 6.72. The SMILES string of the molecule is C=C(C)C(=O)OCCCc1cc(-c2ccc(OCC3CCC(CCCCC)CC3)cc2)ccc1OCC(CCC)(COC(=O)C(C)=O)COC(=O)C(C)=O. The van der Waals surface area contributed by atoms with Crippen LogP contribution in [-0.2, 0) is 44.6 Å². The molecular formula is C44H60O10. The molecule has 0 saturated heterocycles. The number of benzene rings is 2. The van der Waals surface area contributed by atoms with Crippen LogP contribution < -0.4 is 9.47 Å². The van der Waals surface area contributed by atoms with Crippen LogP contribution >= 0.6 is 0 Å². The lowest BCUT2D eigenvalue weighted by atomic mass is 9.80. The standard InChI is InChI=1S/C44H60O10/c1-7-9-10-12-34-14-16-35(17-15-34)27-51-39-21-18-36(19-22-39)37-20-23-40(38(26-37)13-11-25-50-41(47)31(3)4)52-28-44(24-8-2,29-53-42(48)32(5)45)30-54-43(49)33(6)46/h18-23,26,34-35H,3,7-17,24-25,27-30H2,1-2,4-6H3. The van der Waals surface area contributed by atoms with Crippen molar-refractivity contribution in [1.29, 1.82) is 0 Å². The van der Waals surface area contributed by atoms with Crippen LogP contribution in [0.1, 0.15) is 111 Å². The number of aryl methyl sites for hydroxylation is 1. The first-order valence-electron chi connectivity index (χ1n) is 19.5. The van der Waals surface area contributed by atoms with Gasteiger partial charge < -0.3 is 23.7 Å². The van der Waals surface area contributed by atoms with E-state index >= 15 is 0 Å². The Kier molecular flexibility index (Phi) is 18.4. The van der Waals surface area contributed by atoms with E-state index in [1.807, 2.05) is 49.4 Å². The molecule has 2 aromatic rings. The topological polar surface area (TPSA) is 132 Å². The average Bonchev–Trinajstić information content (AvgIpc) is 3.16. The van der Waals surface area contributed by atoms with E-state index in [2.05, 4.69) is 13.5 Å². The van der Waals surface area contributed by atoms with E-state index in [1.54, 1.807) is 6.92 Å². The smallest absolute Gasteiger partial charge is 0.374 e.